The summed E-state index contributed by atoms with van der Waals surface area (Å²) in [6.07, 6.45) is 5.65. The van der Waals surface area contributed by atoms with Crippen LogP contribution in [0, 0.1) is 0 Å². The number of piperidine rings is 1. The van der Waals surface area contributed by atoms with Gasteiger partial charge in [-0.15, -0.1) is 0 Å². The Labute approximate surface area is 71.0 Å². The quantitative estimate of drug-likeness (QED) is 0.511. The second-order valence-electron chi connectivity index (χ2n) is 4.47. The van der Waals surface area contributed by atoms with Gasteiger partial charge in [0.05, 0.1) is 26.2 Å². The molecule has 0 radical (unpaired) electrons. The average molecular weight is 156 g/mol. The minimum Gasteiger partial charge on any atom is -0.324 e. The predicted octanol–water partition coefficient (Wildman–Crippen LogP) is 2.41. The van der Waals surface area contributed by atoms with Crippen LogP contribution in [0.3, 0.4) is 0 Å². The van der Waals surface area contributed by atoms with Crippen molar-refractivity contribution in [2.45, 2.75) is 51.6 Å². The monoisotopic (exact) mass is 156 g/mol. The van der Waals surface area contributed by atoms with Gasteiger partial charge in [-0.3, -0.25) is 0 Å². The lowest BCUT2D eigenvalue weighted by molar-refractivity contribution is -0.942. The van der Waals surface area contributed by atoms with E-state index in [0.29, 0.717) is 0 Å². The molecule has 1 saturated heterocycles. The van der Waals surface area contributed by atoms with Crippen molar-refractivity contribution in [1.29, 1.82) is 0 Å². The van der Waals surface area contributed by atoms with Gasteiger partial charge in [0, 0.05) is 0 Å². The zero-order valence-electron chi connectivity index (χ0n) is 8.43. The fourth-order valence-electron chi connectivity index (χ4n) is 2.35. The van der Waals surface area contributed by atoms with Gasteiger partial charge in [0.1, 0.15) is 0 Å². The van der Waals surface area contributed by atoms with Crippen LogP contribution in [0.15, 0.2) is 0 Å². The van der Waals surface area contributed by atoms with E-state index < -0.39 is 0 Å². The number of rotatable bonds is 1. The lowest BCUT2D eigenvalue weighted by Crippen LogP contribution is -2.56. The maximum atomic E-state index is 2.39. The second kappa shape index (κ2) is 3.14. The van der Waals surface area contributed by atoms with E-state index in [0.717, 1.165) is 12.1 Å². The molecule has 2 unspecified atom stereocenters. The molecule has 1 heteroatoms. The van der Waals surface area contributed by atoms with E-state index in [2.05, 4.69) is 27.9 Å². The molecule has 0 aromatic carbocycles. The number of nitrogens with zero attached hydrogens (tertiary/aromatic N) is 1. The van der Waals surface area contributed by atoms with Crippen molar-refractivity contribution in [3.63, 3.8) is 0 Å². The van der Waals surface area contributed by atoms with E-state index in [1.54, 1.807) is 0 Å². The fraction of sp³-hybridized carbons (Fsp3) is 1.00. The predicted molar refractivity (Wildman–Crippen MR) is 49.5 cm³/mol. The van der Waals surface area contributed by atoms with Crippen LogP contribution in [-0.2, 0) is 0 Å². The van der Waals surface area contributed by atoms with Crippen LogP contribution in [0.25, 0.3) is 0 Å². The minimum absolute atomic E-state index is 0.869. The Balaban J connectivity index is 2.64. The zero-order valence-corrected chi connectivity index (χ0v) is 8.43. The molecule has 2 atom stereocenters. The third kappa shape index (κ3) is 1.58. The van der Waals surface area contributed by atoms with Gasteiger partial charge in [0.25, 0.3) is 0 Å². The Bertz CT molecular complexity index is 129. The van der Waals surface area contributed by atoms with E-state index in [4.69, 9.17) is 0 Å². The summed E-state index contributed by atoms with van der Waals surface area (Å²) in [5, 5.41) is 0. The van der Waals surface area contributed by atoms with Gasteiger partial charge in [-0.05, 0) is 32.6 Å². The van der Waals surface area contributed by atoms with Crippen molar-refractivity contribution in [1.82, 2.24) is 0 Å². The number of quaternary nitrogens is 1. The topological polar surface area (TPSA) is 0 Å². The van der Waals surface area contributed by atoms with Crippen LogP contribution < -0.4 is 0 Å². The highest BCUT2D eigenvalue weighted by atomic mass is 15.4. The molecule has 0 aromatic rings. The van der Waals surface area contributed by atoms with E-state index in [9.17, 15) is 0 Å². The normalized spacial score (nSPS) is 37.1. The van der Waals surface area contributed by atoms with Crippen LogP contribution in [0.1, 0.15) is 39.5 Å². The van der Waals surface area contributed by atoms with Crippen LogP contribution in [0.4, 0.5) is 0 Å². The first-order valence-corrected chi connectivity index (χ1v) is 4.92. The highest BCUT2D eigenvalue weighted by molar-refractivity contribution is 4.67. The Morgan fingerprint density at radius 3 is 2.36 bits per heavy atom. The Kier molecular flexibility index (Phi) is 2.58. The molecule has 0 amide bonds. The second-order valence-corrected chi connectivity index (χ2v) is 4.47. The first kappa shape index (κ1) is 9.05. The molecule has 0 spiro atoms. The number of likely N-dealkylation sites (tertiary alicyclic amines) is 1. The van der Waals surface area contributed by atoms with E-state index in [1.165, 1.54) is 30.2 Å². The highest BCUT2D eigenvalue weighted by Gasteiger charge is 2.35. The van der Waals surface area contributed by atoms with Crippen molar-refractivity contribution in [3.8, 4) is 0 Å². The summed E-state index contributed by atoms with van der Waals surface area (Å²) in [5.74, 6) is 0. The fourth-order valence-corrected chi connectivity index (χ4v) is 2.35. The van der Waals surface area contributed by atoms with E-state index >= 15 is 0 Å². The Morgan fingerprint density at radius 2 is 1.91 bits per heavy atom. The summed E-state index contributed by atoms with van der Waals surface area (Å²) in [6.45, 7) is 4.71. The molecule has 0 aliphatic carbocycles. The molecule has 1 rings (SSSR count). The highest BCUT2D eigenvalue weighted by Crippen LogP contribution is 2.28. The molecule has 1 aliphatic heterocycles. The average Bonchev–Trinajstić information content (AvgIpc) is 1.95. The first-order chi connectivity index (χ1) is 5.09. The molecule has 66 valence electrons. The third-order valence-electron chi connectivity index (χ3n) is 3.71. The molecule has 0 bridgehead atoms. The summed E-state index contributed by atoms with van der Waals surface area (Å²) in [7, 11) is 4.77. The van der Waals surface area contributed by atoms with Gasteiger partial charge >= 0.3 is 0 Å². The maximum absolute atomic E-state index is 2.39. The molecule has 0 aromatic heterocycles. The number of hydrogen-bond acceptors (Lipinski definition) is 0. The lowest BCUT2D eigenvalue weighted by Gasteiger charge is -2.46. The minimum atomic E-state index is 0.869. The summed E-state index contributed by atoms with van der Waals surface area (Å²) >= 11 is 0. The zero-order chi connectivity index (χ0) is 8.48. The van der Waals surface area contributed by atoms with E-state index in [1.807, 2.05) is 0 Å². The third-order valence-corrected chi connectivity index (χ3v) is 3.71. The molecule has 1 fully saturated rings. The lowest BCUT2D eigenvalue weighted by atomic mass is 9.93. The van der Waals surface area contributed by atoms with Gasteiger partial charge in [0.15, 0.2) is 0 Å². The van der Waals surface area contributed by atoms with Crippen LogP contribution in [0.2, 0.25) is 0 Å². The van der Waals surface area contributed by atoms with Gasteiger partial charge in [-0.1, -0.05) is 6.92 Å². The summed E-state index contributed by atoms with van der Waals surface area (Å²) in [4.78, 5) is 0. The summed E-state index contributed by atoms with van der Waals surface area (Å²) < 4.78 is 1.25. The van der Waals surface area contributed by atoms with Crippen molar-refractivity contribution >= 4 is 0 Å². The molecule has 1 heterocycles. The molecular weight excluding hydrogens is 134 g/mol. The van der Waals surface area contributed by atoms with Gasteiger partial charge in [-0.25, -0.2) is 0 Å². The molecule has 1 aliphatic rings. The first-order valence-electron chi connectivity index (χ1n) is 4.92. The van der Waals surface area contributed by atoms with Gasteiger partial charge in [-0.2, -0.15) is 0 Å². The van der Waals surface area contributed by atoms with E-state index in [-0.39, 0.29) is 0 Å². The molecule has 11 heavy (non-hydrogen) atoms. The van der Waals surface area contributed by atoms with Crippen LogP contribution in [-0.4, -0.2) is 30.7 Å². The standard InChI is InChI=1S/C10H22N/c1-5-10-8-6-7-9(2)11(10,3)4/h9-10H,5-8H2,1-4H3/q+1. The molecule has 1 nitrogen and oxygen atoms in total. The smallest absolute Gasteiger partial charge is 0.0885 e. The van der Waals surface area contributed by atoms with Gasteiger partial charge < -0.3 is 4.48 Å². The summed E-state index contributed by atoms with van der Waals surface area (Å²) in [5.41, 5.74) is 0. The van der Waals surface area contributed by atoms with Gasteiger partial charge in [0.2, 0.25) is 0 Å². The number of hydrogen-bond donors (Lipinski definition) is 0. The maximum Gasteiger partial charge on any atom is 0.0885 e. The molecular formula is C10H22N+. The Morgan fingerprint density at radius 1 is 1.27 bits per heavy atom. The summed E-state index contributed by atoms with van der Waals surface area (Å²) in [6, 6.07) is 1.78. The SMILES string of the molecule is CCC1CCCC(C)[N+]1(C)C. The van der Waals surface area contributed by atoms with Crippen molar-refractivity contribution < 1.29 is 4.48 Å². The van der Waals surface area contributed by atoms with Crippen molar-refractivity contribution in [2.24, 2.45) is 0 Å². The van der Waals surface area contributed by atoms with Crippen molar-refractivity contribution in [2.75, 3.05) is 14.1 Å². The van der Waals surface area contributed by atoms with Crippen LogP contribution in [0.5, 0.6) is 0 Å². The largest absolute Gasteiger partial charge is 0.324 e. The van der Waals surface area contributed by atoms with Crippen LogP contribution >= 0.6 is 0 Å². The Hall–Kier alpha value is -0.0400. The molecule has 0 N–H and O–H groups in total. The van der Waals surface area contributed by atoms with Crippen molar-refractivity contribution in [3.05, 3.63) is 0 Å². The molecule has 0 saturated carbocycles.